The molecule has 0 N–H and O–H groups in total. The molecule has 3 heterocycles. The second-order valence-corrected chi connectivity index (χ2v) is 7.80. The van der Waals surface area contributed by atoms with Crippen LogP contribution in [0.25, 0.3) is 0 Å². The third kappa shape index (κ3) is 3.10. The quantitative estimate of drug-likeness (QED) is 0.209. The number of ketones is 1. The topological polar surface area (TPSA) is 126 Å². The summed E-state index contributed by atoms with van der Waals surface area (Å²) in [5.41, 5.74) is -1.24. The maximum Gasteiger partial charge on any atom is 0.305 e. The number of nitrogens with zero attached hydrogens (tertiary/aromatic N) is 1. The van der Waals surface area contributed by atoms with E-state index in [1.807, 2.05) is 0 Å². The van der Waals surface area contributed by atoms with Crippen molar-refractivity contribution in [3.8, 4) is 5.75 Å². The Hall–Kier alpha value is -3.53. The number of methoxy groups -OCH3 is 1. The van der Waals surface area contributed by atoms with Gasteiger partial charge in [0.2, 0.25) is 11.8 Å². The van der Waals surface area contributed by atoms with Gasteiger partial charge in [-0.1, -0.05) is 6.08 Å². The lowest BCUT2D eigenvalue weighted by Crippen LogP contribution is -2.52. The van der Waals surface area contributed by atoms with Gasteiger partial charge < -0.3 is 18.9 Å². The minimum Gasteiger partial charge on any atom is -0.495 e. The molecule has 4 rings (SSSR count). The zero-order valence-corrected chi connectivity index (χ0v) is 17.8. The summed E-state index contributed by atoms with van der Waals surface area (Å²) in [4.78, 5) is 63.1. The van der Waals surface area contributed by atoms with Gasteiger partial charge in [-0.25, -0.2) is 4.90 Å². The second-order valence-electron chi connectivity index (χ2n) is 7.80. The van der Waals surface area contributed by atoms with E-state index < -0.39 is 53.6 Å². The SMILES string of the molecule is COc1ccc(C(C)=O)cc1N1C(=O)[C@H]2[C@@H]3C=C[C@@](C(OC(C)=O)OC(C)=O)(O3)[C@@H]2C1=O. The van der Waals surface area contributed by atoms with E-state index in [1.54, 1.807) is 6.08 Å². The highest BCUT2D eigenvalue weighted by molar-refractivity contribution is 6.24. The number of hydrogen-bond acceptors (Lipinski definition) is 9. The summed E-state index contributed by atoms with van der Waals surface area (Å²) in [5.74, 6) is -4.76. The molecule has 2 fully saturated rings. The van der Waals surface area contributed by atoms with Crippen molar-refractivity contribution in [3.63, 3.8) is 0 Å². The first kappa shape index (κ1) is 21.7. The van der Waals surface area contributed by atoms with Gasteiger partial charge in [-0.2, -0.15) is 0 Å². The van der Waals surface area contributed by atoms with Crippen molar-refractivity contribution in [3.05, 3.63) is 35.9 Å². The number of rotatable bonds is 6. The van der Waals surface area contributed by atoms with Gasteiger partial charge in [0.05, 0.1) is 30.7 Å². The van der Waals surface area contributed by atoms with Crippen molar-refractivity contribution in [1.82, 2.24) is 0 Å². The molecule has 2 amide bonds. The first-order valence-corrected chi connectivity index (χ1v) is 9.89. The van der Waals surface area contributed by atoms with Crippen LogP contribution in [-0.2, 0) is 33.4 Å². The van der Waals surface area contributed by atoms with Crippen molar-refractivity contribution in [2.24, 2.45) is 11.8 Å². The molecule has 1 aromatic rings. The summed E-state index contributed by atoms with van der Waals surface area (Å²) >= 11 is 0. The molecule has 0 saturated carbocycles. The number of carbonyl (C=O) groups is 5. The van der Waals surface area contributed by atoms with Crippen LogP contribution in [0.2, 0.25) is 0 Å². The van der Waals surface area contributed by atoms with Crippen LogP contribution in [0.15, 0.2) is 30.4 Å². The maximum absolute atomic E-state index is 13.6. The highest BCUT2D eigenvalue weighted by Crippen LogP contribution is 2.55. The standard InChI is InChI=1S/C22H21NO9/c1-10(24)13-5-6-15(29-4)14(9-13)23-19(27)17-16-7-8-22(32-16,18(17)20(23)28)21(30-11(2)25)31-12(3)26/h5-9,16-18,21H,1-4H3/t16-,17-,18-,22+/m0/s1. The van der Waals surface area contributed by atoms with E-state index in [-0.39, 0.29) is 17.2 Å². The minimum absolute atomic E-state index is 0.121. The number of Topliss-reactive ketones (excluding diaryl/α,β-unsaturated/α-hetero) is 1. The number of benzene rings is 1. The molecule has 3 aliphatic rings. The van der Waals surface area contributed by atoms with Crippen molar-refractivity contribution in [2.75, 3.05) is 12.0 Å². The number of ether oxygens (including phenoxy) is 4. The number of anilines is 1. The van der Waals surface area contributed by atoms with Gasteiger partial charge in [0.25, 0.3) is 6.29 Å². The lowest BCUT2D eigenvalue weighted by molar-refractivity contribution is -0.226. The molecule has 1 aromatic carbocycles. The Morgan fingerprint density at radius 1 is 1.06 bits per heavy atom. The molecular weight excluding hydrogens is 422 g/mol. The van der Waals surface area contributed by atoms with Gasteiger partial charge in [-0.05, 0) is 31.2 Å². The molecule has 168 valence electrons. The molecule has 0 radical (unpaired) electrons. The van der Waals surface area contributed by atoms with Crippen LogP contribution in [0.4, 0.5) is 5.69 Å². The predicted octanol–water partition coefficient (Wildman–Crippen LogP) is 1.16. The third-order valence-corrected chi connectivity index (χ3v) is 5.82. The fourth-order valence-corrected chi connectivity index (χ4v) is 4.54. The Kier molecular flexibility index (Phi) is 5.12. The van der Waals surface area contributed by atoms with Crippen LogP contribution in [0.1, 0.15) is 31.1 Å². The first-order valence-electron chi connectivity index (χ1n) is 9.89. The summed E-state index contributed by atoms with van der Waals surface area (Å²) in [6.45, 7) is 3.62. The fourth-order valence-electron chi connectivity index (χ4n) is 4.54. The second kappa shape index (κ2) is 7.56. The number of amides is 2. The monoisotopic (exact) mass is 443 g/mol. The maximum atomic E-state index is 13.6. The molecule has 0 aromatic heterocycles. The van der Waals surface area contributed by atoms with E-state index in [2.05, 4.69) is 0 Å². The number of fused-ring (bicyclic) bond motifs is 5. The highest BCUT2D eigenvalue weighted by Gasteiger charge is 2.72. The van der Waals surface area contributed by atoms with E-state index in [0.717, 1.165) is 18.7 Å². The minimum atomic E-state index is -1.65. The average molecular weight is 443 g/mol. The van der Waals surface area contributed by atoms with E-state index >= 15 is 0 Å². The normalized spacial score (nSPS) is 27.7. The lowest BCUT2D eigenvalue weighted by Gasteiger charge is -2.34. The van der Waals surface area contributed by atoms with Crippen LogP contribution in [0.5, 0.6) is 5.75 Å². The van der Waals surface area contributed by atoms with Gasteiger partial charge in [-0.15, -0.1) is 0 Å². The summed E-state index contributed by atoms with van der Waals surface area (Å²) < 4.78 is 21.6. The Balaban J connectivity index is 1.79. The molecule has 2 bridgehead atoms. The summed E-state index contributed by atoms with van der Waals surface area (Å²) in [7, 11) is 1.38. The molecule has 3 aliphatic heterocycles. The van der Waals surface area contributed by atoms with Crippen molar-refractivity contribution < 1.29 is 42.9 Å². The molecule has 0 spiro atoms. The first-order chi connectivity index (χ1) is 15.1. The lowest BCUT2D eigenvalue weighted by atomic mass is 9.76. The van der Waals surface area contributed by atoms with Crippen molar-refractivity contribution >= 4 is 35.2 Å². The zero-order chi connectivity index (χ0) is 23.4. The Morgan fingerprint density at radius 2 is 1.72 bits per heavy atom. The number of hydrogen-bond donors (Lipinski definition) is 0. The van der Waals surface area contributed by atoms with Crippen LogP contribution in [-0.4, -0.2) is 54.6 Å². The Morgan fingerprint density at radius 3 is 2.28 bits per heavy atom. The van der Waals surface area contributed by atoms with Gasteiger partial charge in [0, 0.05) is 19.4 Å². The summed E-state index contributed by atoms with van der Waals surface area (Å²) in [6, 6.07) is 4.45. The van der Waals surface area contributed by atoms with Crippen LogP contribution in [0, 0.1) is 11.8 Å². The van der Waals surface area contributed by atoms with E-state index in [9.17, 15) is 24.0 Å². The zero-order valence-electron chi connectivity index (χ0n) is 17.8. The van der Waals surface area contributed by atoms with Gasteiger partial charge in [-0.3, -0.25) is 24.0 Å². The molecule has 0 aliphatic carbocycles. The molecule has 32 heavy (non-hydrogen) atoms. The fraction of sp³-hybridized carbons (Fsp3) is 0.409. The Labute approximate surface area is 183 Å². The van der Waals surface area contributed by atoms with Gasteiger partial charge >= 0.3 is 11.9 Å². The molecule has 0 unspecified atom stereocenters. The smallest absolute Gasteiger partial charge is 0.305 e. The molecule has 4 atom stereocenters. The molecule has 2 saturated heterocycles. The van der Waals surface area contributed by atoms with Gasteiger partial charge in [0.15, 0.2) is 11.4 Å². The van der Waals surface area contributed by atoms with E-state index in [0.29, 0.717) is 5.56 Å². The largest absolute Gasteiger partial charge is 0.495 e. The molecular formula is C22H21NO9. The average Bonchev–Trinajstić information content (AvgIpc) is 3.37. The predicted molar refractivity (Wildman–Crippen MR) is 107 cm³/mol. The van der Waals surface area contributed by atoms with Crippen LogP contribution < -0.4 is 9.64 Å². The number of imide groups is 1. The van der Waals surface area contributed by atoms with Gasteiger partial charge in [0.1, 0.15) is 5.75 Å². The third-order valence-electron chi connectivity index (χ3n) is 5.82. The van der Waals surface area contributed by atoms with E-state index in [4.69, 9.17) is 18.9 Å². The van der Waals surface area contributed by atoms with Crippen molar-refractivity contribution in [2.45, 2.75) is 38.8 Å². The molecule has 10 heteroatoms. The summed E-state index contributed by atoms with van der Waals surface area (Å²) in [5, 5.41) is 0. The van der Waals surface area contributed by atoms with Crippen molar-refractivity contribution in [1.29, 1.82) is 0 Å². The highest BCUT2D eigenvalue weighted by atomic mass is 16.7. The number of esters is 2. The van der Waals surface area contributed by atoms with E-state index in [1.165, 1.54) is 38.3 Å². The van der Waals surface area contributed by atoms with Crippen LogP contribution in [0.3, 0.4) is 0 Å². The van der Waals surface area contributed by atoms with Crippen LogP contribution >= 0.6 is 0 Å². The molecule has 10 nitrogen and oxygen atoms in total. The Bertz CT molecular complexity index is 1060. The summed E-state index contributed by atoms with van der Waals surface area (Å²) in [6.07, 6.45) is 0.736. The number of carbonyl (C=O) groups excluding carboxylic acids is 5.